The molecule has 0 aromatic rings. The molecule has 2 aliphatic heterocycles. The molecule has 2 heterocycles. The molecule has 1 spiro atoms. The van der Waals surface area contributed by atoms with Crippen molar-refractivity contribution in [1.82, 2.24) is 14.7 Å². The highest BCUT2D eigenvalue weighted by molar-refractivity contribution is 5.83. The second-order valence-electron chi connectivity index (χ2n) is 8.54. The van der Waals surface area contributed by atoms with E-state index >= 15 is 0 Å². The van der Waals surface area contributed by atoms with Crippen LogP contribution in [0.4, 0.5) is 13.2 Å². The first kappa shape index (κ1) is 18.1. The normalized spacial score (nSPS) is 32.8. The van der Waals surface area contributed by atoms with E-state index in [4.69, 9.17) is 0 Å². The number of amides is 2. The number of fused-ring (bicyclic) bond motifs is 1. The van der Waals surface area contributed by atoms with Crippen molar-refractivity contribution in [2.24, 2.45) is 23.2 Å². The van der Waals surface area contributed by atoms with Crippen LogP contribution in [0.15, 0.2) is 0 Å². The third-order valence-electron chi connectivity index (χ3n) is 7.02. The first-order valence-corrected chi connectivity index (χ1v) is 9.58. The molecule has 2 saturated heterocycles. The number of likely N-dealkylation sites (tertiary alicyclic amines) is 2. The van der Waals surface area contributed by atoms with E-state index in [2.05, 4.69) is 4.90 Å². The number of alkyl halides is 3. The number of hydrogen-bond donors (Lipinski definition) is 0. The van der Waals surface area contributed by atoms with Gasteiger partial charge in [-0.1, -0.05) is 0 Å². The Morgan fingerprint density at radius 2 is 1.62 bits per heavy atom. The quantitative estimate of drug-likeness (QED) is 0.752. The molecule has 0 N–H and O–H groups in total. The summed E-state index contributed by atoms with van der Waals surface area (Å²) >= 11 is 0. The molecular weight excluding hydrogens is 347 g/mol. The van der Waals surface area contributed by atoms with Gasteiger partial charge in [0.25, 0.3) is 0 Å². The van der Waals surface area contributed by atoms with Crippen LogP contribution in [0.5, 0.6) is 0 Å². The minimum absolute atomic E-state index is 0.0885. The fourth-order valence-corrected chi connectivity index (χ4v) is 5.51. The fraction of sp³-hybridized carbons (Fsp3) is 0.889. The van der Waals surface area contributed by atoms with E-state index in [1.807, 2.05) is 18.7 Å². The van der Waals surface area contributed by atoms with Crippen LogP contribution in [0.1, 0.15) is 26.7 Å². The summed E-state index contributed by atoms with van der Waals surface area (Å²) in [5.41, 5.74) is -0.0885. The summed E-state index contributed by atoms with van der Waals surface area (Å²) < 4.78 is 37.3. The maximum absolute atomic E-state index is 12.5. The Balaban J connectivity index is 1.22. The molecule has 2 saturated carbocycles. The minimum atomic E-state index is -4.76. The van der Waals surface area contributed by atoms with E-state index in [1.54, 1.807) is 0 Å². The standard InChI is InChI=1S/C18H26F3N3O2/c1-3-22(4-2)15(25)14-12-7-23(8-13(12)14)11-5-17(6-11)9-24(10-17)16(26)18(19,20)21/h11-14H,3-10H2,1-2H3/t12-,13+,14?. The Bertz CT molecular complexity index is 593. The average molecular weight is 373 g/mol. The van der Waals surface area contributed by atoms with Gasteiger partial charge in [0.15, 0.2) is 0 Å². The molecule has 2 aliphatic carbocycles. The van der Waals surface area contributed by atoms with Gasteiger partial charge in [0.2, 0.25) is 5.91 Å². The lowest BCUT2D eigenvalue weighted by Gasteiger charge is -2.60. The van der Waals surface area contributed by atoms with Crippen LogP contribution in [0, 0.1) is 23.2 Å². The Morgan fingerprint density at radius 1 is 1.08 bits per heavy atom. The molecule has 2 amide bonds. The minimum Gasteiger partial charge on any atom is -0.343 e. The van der Waals surface area contributed by atoms with Crippen LogP contribution in [0.3, 0.4) is 0 Å². The van der Waals surface area contributed by atoms with Gasteiger partial charge in [0.05, 0.1) is 0 Å². The van der Waals surface area contributed by atoms with E-state index in [0.29, 0.717) is 17.9 Å². The number of carbonyl (C=O) groups is 2. The van der Waals surface area contributed by atoms with Crippen LogP contribution < -0.4 is 0 Å². The predicted octanol–water partition coefficient (Wildman–Crippen LogP) is 1.59. The van der Waals surface area contributed by atoms with E-state index in [-0.39, 0.29) is 30.3 Å². The lowest BCUT2D eigenvalue weighted by Crippen LogP contribution is -2.68. The lowest BCUT2D eigenvalue weighted by atomic mass is 9.60. The molecule has 4 fully saturated rings. The molecule has 0 radical (unpaired) electrons. The summed E-state index contributed by atoms with van der Waals surface area (Å²) in [5.74, 6) is -0.306. The van der Waals surface area contributed by atoms with E-state index in [1.165, 1.54) is 0 Å². The molecule has 1 unspecified atom stereocenters. The Kier molecular flexibility index (Phi) is 4.06. The number of nitrogens with zero attached hydrogens (tertiary/aromatic N) is 3. The van der Waals surface area contributed by atoms with Crippen molar-refractivity contribution in [2.45, 2.75) is 38.9 Å². The number of rotatable bonds is 4. The maximum Gasteiger partial charge on any atom is 0.471 e. The van der Waals surface area contributed by atoms with Crippen molar-refractivity contribution < 1.29 is 22.8 Å². The summed E-state index contributed by atoms with van der Waals surface area (Å²) in [7, 11) is 0. The first-order chi connectivity index (χ1) is 12.2. The van der Waals surface area contributed by atoms with Gasteiger partial charge in [-0.15, -0.1) is 0 Å². The molecule has 0 bridgehead atoms. The Labute approximate surface area is 151 Å². The fourth-order valence-electron chi connectivity index (χ4n) is 5.51. The molecule has 4 rings (SSSR count). The molecule has 146 valence electrons. The molecule has 0 aromatic carbocycles. The van der Waals surface area contributed by atoms with Gasteiger partial charge in [-0.25, -0.2) is 0 Å². The van der Waals surface area contributed by atoms with Gasteiger partial charge < -0.3 is 9.80 Å². The summed E-state index contributed by atoms with van der Waals surface area (Å²) in [6, 6.07) is 0.412. The summed E-state index contributed by atoms with van der Waals surface area (Å²) in [6.45, 7) is 7.89. The molecule has 0 aromatic heterocycles. The van der Waals surface area contributed by atoms with Gasteiger partial charge in [-0.3, -0.25) is 14.5 Å². The number of piperidine rings is 1. The topological polar surface area (TPSA) is 43.9 Å². The van der Waals surface area contributed by atoms with E-state index in [9.17, 15) is 22.8 Å². The highest BCUT2D eigenvalue weighted by Crippen LogP contribution is 2.57. The Hall–Kier alpha value is -1.31. The van der Waals surface area contributed by atoms with Gasteiger partial charge in [0, 0.05) is 56.6 Å². The second-order valence-corrected chi connectivity index (χ2v) is 8.54. The van der Waals surface area contributed by atoms with Crippen molar-refractivity contribution in [2.75, 3.05) is 39.3 Å². The summed E-state index contributed by atoms with van der Waals surface area (Å²) in [4.78, 5) is 28.9. The van der Waals surface area contributed by atoms with Crippen LogP contribution in [-0.4, -0.2) is 78.0 Å². The molecule has 8 heteroatoms. The van der Waals surface area contributed by atoms with Crippen molar-refractivity contribution in [1.29, 1.82) is 0 Å². The molecule has 5 nitrogen and oxygen atoms in total. The van der Waals surface area contributed by atoms with Crippen molar-refractivity contribution in [3.63, 3.8) is 0 Å². The van der Waals surface area contributed by atoms with Gasteiger partial charge in [-0.05, 0) is 38.5 Å². The summed E-state index contributed by atoms with van der Waals surface area (Å²) in [6.07, 6.45) is -3.00. The SMILES string of the molecule is CCN(CC)C(=O)C1[C@H]2CN(C3CC4(C3)CN(C(=O)C(F)(F)F)C4)C[C@@H]12. The predicted molar refractivity (Wildman–Crippen MR) is 88.1 cm³/mol. The van der Waals surface area contributed by atoms with Crippen LogP contribution in [0.2, 0.25) is 0 Å². The van der Waals surface area contributed by atoms with Gasteiger partial charge in [0.1, 0.15) is 0 Å². The number of carbonyl (C=O) groups excluding carboxylic acids is 2. The number of hydrogen-bond acceptors (Lipinski definition) is 3. The van der Waals surface area contributed by atoms with Gasteiger partial charge >= 0.3 is 12.1 Å². The van der Waals surface area contributed by atoms with Crippen LogP contribution in [0.25, 0.3) is 0 Å². The van der Waals surface area contributed by atoms with Crippen molar-refractivity contribution >= 4 is 11.8 Å². The Morgan fingerprint density at radius 3 is 2.08 bits per heavy atom. The smallest absolute Gasteiger partial charge is 0.343 e. The lowest BCUT2D eigenvalue weighted by molar-refractivity contribution is -0.204. The highest BCUT2D eigenvalue weighted by atomic mass is 19.4. The van der Waals surface area contributed by atoms with E-state index < -0.39 is 12.1 Å². The third kappa shape index (κ3) is 2.72. The average Bonchev–Trinajstić information content (AvgIpc) is 2.99. The molecule has 26 heavy (non-hydrogen) atoms. The zero-order chi connectivity index (χ0) is 18.9. The second kappa shape index (κ2) is 5.84. The number of halogens is 3. The van der Waals surface area contributed by atoms with Crippen LogP contribution in [-0.2, 0) is 9.59 Å². The zero-order valence-corrected chi connectivity index (χ0v) is 15.3. The highest BCUT2D eigenvalue weighted by Gasteiger charge is 2.64. The maximum atomic E-state index is 12.5. The molecule has 4 aliphatic rings. The molecular formula is C18H26F3N3O2. The van der Waals surface area contributed by atoms with Gasteiger partial charge in [-0.2, -0.15) is 13.2 Å². The summed E-state index contributed by atoms with van der Waals surface area (Å²) in [5, 5.41) is 0. The first-order valence-electron chi connectivity index (χ1n) is 9.58. The monoisotopic (exact) mass is 373 g/mol. The largest absolute Gasteiger partial charge is 0.471 e. The van der Waals surface area contributed by atoms with E-state index in [0.717, 1.165) is 43.9 Å². The molecule has 3 atom stereocenters. The van der Waals surface area contributed by atoms with Crippen molar-refractivity contribution in [3.05, 3.63) is 0 Å². The van der Waals surface area contributed by atoms with Crippen LogP contribution >= 0.6 is 0 Å². The van der Waals surface area contributed by atoms with Crippen molar-refractivity contribution in [3.8, 4) is 0 Å². The zero-order valence-electron chi connectivity index (χ0n) is 15.3. The third-order valence-corrected chi connectivity index (χ3v) is 7.02.